The lowest BCUT2D eigenvalue weighted by atomic mass is 9.47. The third kappa shape index (κ3) is 10.6. The summed E-state index contributed by atoms with van der Waals surface area (Å²) < 4.78 is 6.12. The zero-order valence-electron chi connectivity index (χ0n) is 33.5. The minimum absolute atomic E-state index is 0.0188. The number of fused-ring (bicyclic) bond motifs is 5. The molecule has 0 saturated heterocycles. The van der Waals surface area contributed by atoms with Crippen LogP contribution < -0.4 is 0 Å². The number of ether oxygens (including phenoxy) is 1. The highest BCUT2D eigenvalue weighted by Crippen LogP contribution is 2.67. The van der Waals surface area contributed by atoms with E-state index in [9.17, 15) is 9.59 Å². The van der Waals surface area contributed by atoms with Gasteiger partial charge in [-0.05, 0) is 158 Å². The Balaban J connectivity index is 1.22. The van der Waals surface area contributed by atoms with Crippen molar-refractivity contribution >= 4 is 11.9 Å². The Bertz CT molecular complexity index is 1070. The van der Waals surface area contributed by atoms with Gasteiger partial charge in [0.05, 0.1) is 0 Å². The molecule has 3 fully saturated rings. The maximum absolute atomic E-state index is 13.1. The number of allylic oxidation sites excluding steroid dienone is 1. The predicted octanol–water partition coefficient (Wildman–Crippen LogP) is 9.23. The molecule has 0 aliphatic heterocycles. The predicted molar refractivity (Wildman–Crippen MR) is 204 cm³/mol. The number of unbranched alkanes of at least 4 members (excludes halogenated alkanes) is 1. The average molecular weight is 684 g/mol. The zero-order valence-corrected chi connectivity index (χ0v) is 33.5. The Morgan fingerprint density at radius 3 is 2.12 bits per heavy atom. The fraction of sp³-hybridized carbons (Fsp3) is 0.907. The second kappa shape index (κ2) is 18.4. The quantitative estimate of drug-likeness (QED) is 0.0772. The van der Waals surface area contributed by atoms with Crippen molar-refractivity contribution < 1.29 is 14.3 Å². The number of nitrogens with zero attached hydrogens (tertiary/aromatic N) is 3. The van der Waals surface area contributed by atoms with E-state index < -0.39 is 0 Å². The lowest BCUT2D eigenvalue weighted by Gasteiger charge is -2.58. The number of esters is 1. The fourth-order valence-corrected chi connectivity index (χ4v) is 11.2. The zero-order chi connectivity index (χ0) is 35.8. The normalized spacial score (nSPS) is 31.7. The molecule has 0 spiro atoms. The highest BCUT2D eigenvalue weighted by molar-refractivity contribution is 5.76. The van der Waals surface area contributed by atoms with Crippen molar-refractivity contribution in [3.8, 4) is 0 Å². The topological polar surface area (TPSA) is 53.1 Å². The molecule has 6 heteroatoms. The summed E-state index contributed by atoms with van der Waals surface area (Å²) in [6, 6.07) is 0. The van der Waals surface area contributed by atoms with E-state index in [4.69, 9.17) is 4.74 Å². The third-order valence-electron chi connectivity index (χ3n) is 14.0. The molecule has 3 saturated carbocycles. The van der Waals surface area contributed by atoms with Crippen LogP contribution >= 0.6 is 0 Å². The van der Waals surface area contributed by atoms with E-state index in [0.29, 0.717) is 18.3 Å². The van der Waals surface area contributed by atoms with Crippen molar-refractivity contribution in [3.63, 3.8) is 0 Å². The van der Waals surface area contributed by atoms with Gasteiger partial charge in [0.25, 0.3) is 0 Å². The Hall–Kier alpha value is -1.40. The molecule has 8 unspecified atom stereocenters. The Labute approximate surface area is 302 Å². The molecule has 1 amide bonds. The van der Waals surface area contributed by atoms with Gasteiger partial charge < -0.3 is 19.4 Å². The second-order valence-corrected chi connectivity index (χ2v) is 18.5. The fourth-order valence-electron chi connectivity index (χ4n) is 11.2. The van der Waals surface area contributed by atoms with Gasteiger partial charge in [-0.2, -0.15) is 0 Å². The first-order valence-electron chi connectivity index (χ1n) is 20.7. The molecule has 0 N–H and O–H groups in total. The van der Waals surface area contributed by atoms with Crippen LogP contribution in [0.1, 0.15) is 144 Å². The number of hydrogen-bond donors (Lipinski definition) is 0. The highest BCUT2D eigenvalue weighted by Gasteiger charge is 2.59. The average Bonchev–Trinajstić information content (AvgIpc) is 3.39. The van der Waals surface area contributed by atoms with Crippen LogP contribution in [-0.2, 0) is 14.3 Å². The summed E-state index contributed by atoms with van der Waals surface area (Å²) in [6.07, 6.45) is 21.2. The first kappa shape index (κ1) is 40.4. The first-order valence-corrected chi connectivity index (χ1v) is 20.7. The van der Waals surface area contributed by atoms with E-state index in [1.807, 2.05) is 4.90 Å². The molecule has 4 aliphatic rings. The van der Waals surface area contributed by atoms with E-state index in [2.05, 4.69) is 78.7 Å². The van der Waals surface area contributed by atoms with Crippen LogP contribution in [0.25, 0.3) is 0 Å². The van der Waals surface area contributed by atoms with E-state index in [1.165, 1.54) is 51.4 Å². The number of rotatable bonds is 19. The molecule has 0 aromatic carbocycles. The SMILES string of the molecule is CC(C)CCCC(C)C1CCC2C3CC=C4CC(OC(=O)CCCCC(=O)N(CCCN(C)C)CCCN(C)C)CCC4(C)C3CCC12C. The lowest BCUT2D eigenvalue weighted by Crippen LogP contribution is -2.51. The van der Waals surface area contributed by atoms with Crippen LogP contribution in [0.4, 0.5) is 0 Å². The van der Waals surface area contributed by atoms with Crippen LogP contribution in [0, 0.1) is 46.3 Å². The minimum atomic E-state index is -0.0721. The largest absolute Gasteiger partial charge is 0.462 e. The molecule has 0 bridgehead atoms. The number of carbonyl (C=O) groups is 2. The van der Waals surface area contributed by atoms with Crippen LogP contribution in [-0.4, -0.2) is 87.0 Å². The molecule has 4 rings (SSSR count). The van der Waals surface area contributed by atoms with Crippen LogP contribution in [0.15, 0.2) is 11.6 Å². The van der Waals surface area contributed by atoms with Gasteiger partial charge in [-0.15, -0.1) is 0 Å². The van der Waals surface area contributed by atoms with Crippen LogP contribution in [0.5, 0.6) is 0 Å². The molecule has 6 nitrogen and oxygen atoms in total. The van der Waals surface area contributed by atoms with Crippen molar-refractivity contribution in [3.05, 3.63) is 11.6 Å². The molecule has 0 heterocycles. The summed E-state index contributed by atoms with van der Waals surface area (Å²) in [5.41, 5.74) is 2.39. The van der Waals surface area contributed by atoms with Gasteiger partial charge in [0.1, 0.15) is 6.10 Å². The molecule has 8 atom stereocenters. The monoisotopic (exact) mass is 684 g/mol. The van der Waals surface area contributed by atoms with Gasteiger partial charge in [0.2, 0.25) is 5.91 Å². The molecule has 0 aromatic rings. The van der Waals surface area contributed by atoms with Crippen molar-refractivity contribution in [2.75, 3.05) is 54.4 Å². The van der Waals surface area contributed by atoms with Crippen molar-refractivity contribution in [1.29, 1.82) is 0 Å². The van der Waals surface area contributed by atoms with Crippen LogP contribution in [0.2, 0.25) is 0 Å². The second-order valence-electron chi connectivity index (χ2n) is 18.5. The molecule has 4 aliphatic carbocycles. The van der Waals surface area contributed by atoms with Gasteiger partial charge >= 0.3 is 5.97 Å². The van der Waals surface area contributed by atoms with Crippen molar-refractivity contribution in [1.82, 2.24) is 14.7 Å². The summed E-state index contributed by atoms with van der Waals surface area (Å²) in [5.74, 6) is 5.23. The van der Waals surface area contributed by atoms with Crippen molar-refractivity contribution in [2.24, 2.45) is 46.3 Å². The Kier molecular flexibility index (Phi) is 15.1. The first-order chi connectivity index (χ1) is 23.2. The number of amides is 1. The molecule has 49 heavy (non-hydrogen) atoms. The molecule has 282 valence electrons. The third-order valence-corrected chi connectivity index (χ3v) is 14.0. The van der Waals surface area contributed by atoms with Crippen molar-refractivity contribution in [2.45, 2.75) is 150 Å². The summed E-state index contributed by atoms with van der Waals surface area (Å²) in [5, 5.41) is 0. The van der Waals surface area contributed by atoms with E-state index in [0.717, 1.165) is 107 Å². The van der Waals surface area contributed by atoms with E-state index in [-0.39, 0.29) is 23.4 Å². The molecule has 0 aromatic heterocycles. The maximum Gasteiger partial charge on any atom is 0.306 e. The van der Waals surface area contributed by atoms with E-state index in [1.54, 1.807) is 5.57 Å². The van der Waals surface area contributed by atoms with Gasteiger partial charge in [-0.1, -0.05) is 65.5 Å². The molecular formula is C43H77N3O3. The number of carbonyl (C=O) groups excluding carboxylic acids is 2. The maximum atomic E-state index is 13.1. The number of hydrogen-bond acceptors (Lipinski definition) is 5. The summed E-state index contributed by atoms with van der Waals surface area (Å²) in [7, 11) is 8.32. The summed E-state index contributed by atoms with van der Waals surface area (Å²) in [4.78, 5) is 32.4. The standard InChI is InChI=1S/C43H77N3O3/c1-32(2)15-12-16-33(3)37-21-22-38-36-20-19-34-31-35(23-25-42(34,4)39(36)24-26-43(37,38)5)49-41(48)18-11-10-17-40(47)46(29-13-27-44(6)7)30-14-28-45(8)9/h19,32-33,35-39H,10-18,20-31H2,1-9H3. The summed E-state index contributed by atoms with van der Waals surface area (Å²) >= 11 is 0. The minimum Gasteiger partial charge on any atom is -0.462 e. The smallest absolute Gasteiger partial charge is 0.306 e. The Morgan fingerprint density at radius 2 is 1.47 bits per heavy atom. The highest BCUT2D eigenvalue weighted by atomic mass is 16.5. The lowest BCUT2D eigenvalue weighted by molar-refractivity contribution is -0.151. The summed E-state index contributed by atoms with van der Waals surface area (Å²) in [6.45, 7) is 16.2. The van der Waals surface area contributed by atoms with Gasteiger partial charge in [-0.25, -0.2) is 0 Å². The molecule has 0 radical (unpaired) electrons. The van der Waals surface area contributed by atoms with Gasteiger partial charge in [-0.3, -0.25) is 9.59 Å². The Morgan fingerprint density at radius 1 is 0.796 bits per heavy atom. The van der Waals surface area contributed by atoms with Crippen LogP contribution in [0.3, 0.4) is 0 Å². The van der Waals surface area contributed by atoms with E-state index >= 15 is 0 Å². The molecular weight excluding hydrogens is 606 g/mol. The van der Waals surface area contributed by atoms with Gasteiger partial charge in [0, 0.05) is 32.4 Å². The van der Waals surface area contributed by atoms with Gasteiger partial charge in [0.15, 0.2) is 0 Å².